The first-order valence-corrected chi connectivity index (χ1v) is 8.23. The number of benzene rings is 1. The van der Waals surface area contributed by atoms with Crippen LogP contribution in [0.25, 0.3) is 0 Å². The fourth-order valence-electron chi connectivity index (χ4n) is 2.69. The first kappa shape index (κ1) is 17.8. The molecule has 0 saturated carbocycles. The summed E-state index contributed by atoms with van der Waals surface area (Å²) >= 11 is 0. The molecule has 128 valence electrons. The van der Waals surface area contributed by atoms with Crippen molar-refractivity contribution in [1.29, 1.82) is 0 Å². The van der Waals surface area contributed by atoms with Gasteiger partial charge in [0.05, 0.1) is 13.2 Å². The molecule has 0 spiro atoms. The van der Waals surface area contributed by atoms with Crippen molar-refractivity contribution in [2.45, 2.75) is 19.8 Å². The smallest absolute Gasteiger partial charge is 0.260 e. The summed E-state index contributed by atoms with van der Waals surface area (Å²) in [5.74, 6) is 1.38. The predicted octanol–water partition coefficient (Wildman–Crippen LogP) is 2.28. The molecule has 1 aliphatic heterocycles. The number of hydrogen-bond acceptors (Lipinski definition) is 4. The van der Waals surface area contributed by atoms with Gasteiger partial charge in [0, 0.05) is 26.8 Å². The van der Waals surface area contributed by atoms with Crippen LogP contribution in [-0.2, 0) is 14.3 Å². The third kappa shape index (κ3) is 5.84. The van der Waals surface area contributed by atoms with Crippen LogP contribution in [0.2, 0.25) is 0 Å². The summed E-state index contributed by atoms with van der Waals surface area (Å²) in [5.41, 5.74) is 1.05. The summed E-state index contributed by atoms with van der Waals surface area (Å²) < 4.78 is 16.2. The van der Waals surface area contributed by atoms with Crippen molar-refractivity contribution in [2.75, 3.05) is 46.6 Å². The number of amides is 1. The van der Waals surface area contributed by atoms with Crippen LogP contribution in [0.1, 0.15) is 18.4 Å². The second-order valence-corrected chi connectivity index (χ2v) is 5.95. The van der Waals surface area contributed by atoms with E-state index in [2.05, 4.69) is 0 Å². The minimum atomic E-state index is 0.0620. The summed E-state index contributed by atoms with van der Waals surface area (Å²) in [5, 5.41) is 0. The van der Waals surface area contributed by atoms with Gasteiger partial charge < -0.3 is 19.1 Å². The number of para-hydroxylation sites is 1. The molecule has 5 nitrogen and oxygen atoms in total. The van der Waals surface area contributed by atoms with Crippen LogP contribution in [0, 0.1) is 12.8 Å². The highest BCUT2D eigenvalue weighted by Crippen LogP contribution is 2.19. The zero-order valence-corrected chi connectivity index (χ0v) is 14.1. The molecule has 0 radical (unpaired) electrons. The standard InChI is InChI=1S/C18H27NO4/c1-15-5-3-4-6-17(15)23-14-18(20)19-9-7-16(8-10-19)13-22-12-11-21-2/h3-6,16H,7-14H2,1-2H3. The molecule has 1 aromatic carbocycles. The van der Waals surface area contributed by atoms with Gasteiger partial charge in [-0.1, -0.05) is 18.2 Å². The van der Waals surface area contributed by atoms with Crippen LogP contribution in [0.15, 0.2) is 24.3 Å². The van der Waals surface area contributed by atoms with Crippen LogP contribution >= 0.6 is 0 Å². The average Bonchev–Trinajstić information content (AvgIpc) is 2.58. The van der Waals surface area contributed by atoms with Gasteiger partial charge in [0.1, 0.15) is 5.75 Å². The van der Waals surface area contributed by atoms with Crippen molar-refractivity contribution in [2.24, 2.45) is 5.92 Å². The molecule has 0 aromatic heterocycles. The van der Waals surface area contributed by atoms with Crippen LogP contribution in [0.3, 0.4) is 0 Å². The summed E-state index contributed by atoms with van der Waals surface area (Å²) in [7, 11) is 1.67. The van der Waals surface area contributed by atoms with Crippen molar-refractivity contribution in [1.82, 2.24) is 4.90 Å². The molecule has 23 heavy (non-hydrogen) atoms. The summed E-state index contributed by atoms with van der Waals surface area (Å²) in [6, 6.07) is 7.76. The number of methoxy groups -OCH3 is 1. The Morgan fingerprint density at radius 1 is 1.22 bits per heavy atom. The van der Waals surface area contributed by atoms with Gasteiger partial charge in [0.2, 0.25) is 0 Å². The molecular weight excluding hydrogens is 294 g/mol. The topological polar surface area (TPSA) is 48.0 Å². The van der Waals surface area contributed by atoms with E-state index in [9.17, 15) is 4.79 Å². The molecule has 0 bridgehead atoms. The molecule has 1 fully saturated rings. The van der Waals surface area contributed by atoms with E-state index in [1.807, 2.05) is 36.1 Å². The predicted molar refractivity (Wildman–Crippen MR) is 88.7 cm³/mol. The number of carbonyl (C=O) groups is 1. The zero-order valence-electron chi connectivity index (χ0n) is 14.1. The first-order chi connectivity index (χ1) is 11.2. The molecule has 0 N–H and O–H groups in total. The average molecular weight is 321 g/mol. The van der Waals surface area contributed by atoms with Crippen LogP contribution < -0.4 is 4.74 Å². The lowest BCUT2D eigenvalue weighted by Gasteiger charge is -2.31. The molecule has 5 heteroatoms. The lowest BCUT2D eigenvalue weighted by atomic mass is 9.98. The number of ether oxygens (including phenoxy) is 3. The van der Waals surface area contributed by atoms with Gasteiger partial charge in [-0.3, -0.25) is 4.79 Å². The zero-order chi connectivity index (χ0) is 16.5. The van der Waals surface area contributed by atoms with Crippen LogP contribution in [-0.4, -0.2) is 57.4 Å². The summed E-state index contributed by atoms with van der Waals surface area (Å²) in [4.78, 5) is 14.1. The van der Waals surface area contributed by atoms with E-state index in [0.717, 1.165) is 43.9 Å². The highest BCUT2D eigenvalue weighted by atomic mass is 16.5. The maximum Gasteiger partial charge on any atom is 0.260 e. The Kier molecular flexibility index (Phi) is 7.36. The van der Waals surface area contributed by atoms with Crippen molar-refractivity contribution in [3.05, 3.63) is 29.8 Å². The molecule has 0 aliphatic carbocycles. The number of likely N-dealkylation sites (tertiary alicyclic amines) is 1. The highest BCUT2D eigenvalue weighted by Gasteiger charge is 2.23. The Balaban J connectivity index is 1.66. The molecular formula is C18H27NO4. The molecule has 1 amide bonds. The number of hydrogen-bond donors (Lipinski definition) is 0. The number of carbonyl (C=O) groups excluding carboxylic acids is 1. The second kappa shape index (κ2) is 9.53. The number of aryl methyl sites for hydroxylation is 1. The van der Waals surface area contributed by atoms with E-state index in [4.69, 9.17) is 14.2 Å². The number of rotatable bonds is 8. The van der Waals surface area contributed by atoms with Gasteiger partial charge in [-0.2, -0.15) is 0 Å². The van der Waals surface area contributed by atoms with Crippen LogP contribution in [0.4, 0.5) is 0 Å². The Morgan fingerprint density at radius 2 is 1.96 bits per heavy atom. The maximum atomic E-state index is 12.2. The third-order valence-electron chi connectivity index (χ3n) is 4.20. The Labute approximate surface area is 138 Å². The van der Waals surface area contributed by atoms with E-state index < -0.39 is 0 Å². The monoisotopic (exact) mass is 321 g/mol. The maximum absolute atomic E-state index is 12.2. The Morgan fingerprint density at radius 3 is 2.65 bits per heavy atom. The third-order valence-corrected chi connectivity index (χ3v) is 4.20. The Bertz CT molecular complexity index is 484. The van der Waals surface area contributed by atoms with E-state index in [0.29, 0.717) is 19.1 Å². The fourth-order valence-corrected chi connectivity index (χ4v) is 2.69. The van der Waals surface area contributed by atoms with Gasteiger partial charge in [-0.15, -0.1) is 0 Å². The van der Waals surface area contributed by atoms with Crippen molar-refractivity contribution < 1.29 is 19.0 Å². The van der Waals surface area contributed by atoms with Crippen molar-refractivity contribution in [3.63, 3.8) is 0 Å². The summed E-state index contributed by atoms with van der Waals surface area (Å²) in [6.45, 7) is 5.69. The van der Waals surface area contributed by atoms with Gasteiger partial charge in [-0.05, 0) is 37.3 Å². The first-order valence-electron chi connectivity index (χ1n) is 8.23. The quantitative estimate of drug-likeness (QED) is 0.689. The number of piperidine rings is 1. The molecule has 0 unspecified atom stereocenters. The van der Waals surface area contributed by atoms with E-state index in [1.165, 1.54) is 0 Å². The van der Waals surface area contributed by atoms with Gasteiger partial charge in [0.15, 0.2) is 6.61 Å². The SMILES string of the molecule is COCCOCC1CCN(C(=O)COc2ccccc2C)CC1. The van der Waals surface area contributed by atoms with Crippen LogP contribution in [0.5, 0.6) is 5.75 Å². The van der Waals surface area contributed by atoms with Gasteiger partial charge in [-0.25, -0.2) is 0 Å². The van der Waals surface area contributed by atoms with Crippen molar-refractivity contribution >= 4 is 5.91 Å². The number of nitrogens with zero attached hydrogens (tertiary/aromatic N) is 1. The largest absolute Gasteiger partial charge is 0.484 e. The second-order valence-electron chi connectivity index (χ2n) is 5.95. The Hall–Kier alpha value is -1.59. The van der Waals surface area contributed by atoms with E-state index in [1.54, 1.807) is 7.11 Å². The molecule has 1 aliphatic rings. The lowest BCUT2D eigenvalue weighted by Crippen LogP contribution is -2.41. The minimum absolute atomic E-state index is 0.0620. The summed E-state index contributed by atoms with van der Waals surface area (Å²) in [6.07, 6.45) is 1.98. The van der Waals surface area contributed by atoms with Crippen molar-refractivity contribution in [3.8, 4) is 5.75 Å². The molecule has 0 atom stereocenters. The van der Waals surface area contributed by atoms with Gasteiger partial charge >= 0.3 is 0 Å². The van der Waals surface area contributed by atoms with E-state index in [-0.39, 0.29) is 12.5 Å². The lowest BCUT2D eigenvalue weighted by molar-refractivity contribution is -0.135. The molecule has 1 heterocycles. The minimum Gasteiger partial charge on any atom is -0.484 e. The molecule has 2 rings (SSSR count). The van der Waals surface area contributed by atoms with Gasteiger partial charge in [0.25, 0.3) is 5.91 Å². The van der Waals surface area contributed by atoms with E-state index >= 15 is 0 Å². The molecule has 1 saturated heterocycles. The fraction of sp³-hybridized carbons (Fsp3) is 0.611. The normalized spacial score (nSPS) is 15.7. The molecule has 1 aromatic rings. The highest BCUT2D eigenvalue weighted by molar-refractivity contribution is 5.77.